The highest BCUT2D eigenvalue weighted by Crippen LogP contribution is 2.44. The van der Waals surface area contributed by atoms with Gasteiger partial charge in [0, 0.05) is 32.0 Å². The number of hydrogen-bond donors (Lipinski definition) is 2. The number of hydrogen-bond acceptors (Lipinski definition) is 7. The molecule has 3 amide bonds. The van der Waals surface area contributed by atoms with Gasteiger partial charge in [-0.25, -0.2) is 9.59 Å². The fourth-order valence-corrected chi connectivity index (χ4v) is 7.31. The molecule has 2 heterocycles. The molecule has 2 aliphatic heterocycles. The van der Waals surface area contributed by atoms with Crippen LogP contribution in [-0.2, 0) is 30.4 Å². The van der Waals surface area contributed by atoms with Gasteiger partial charge in [0.2, 0.25) is 11.8 Å². The summed E-state index contributed by atoms with van der Waals surface area (Å²) in [4.78, 5) is 57.1. The predicted molar refractivity (Wildman–Crippen MR) is 188 cm³/mol. The van der Waals surface area contributed by atoms with Gasteiger partial charge in [0.05, 0.1) is 18.6 Å². The van der Waals surface area contributed by atoms with Gasteiger partial charge in [-0.15, -0.1) is 0 Å². The summed E-state index contributed by atoms with van der Waals surface area (Å²) in [5, 5.41) is 12.4. The zero-order valence-electron chi connectivity index (χ0n) is 28.2. The number of fused-ring (bicyclic) bond motifs is 4. The summed E-state index contributed by atoms with van der Waals surface area (Å²) in [6, 6.07) is 24.5. The Morgan fingerprint density at radius 3 is 2.34 bits per heavy atom. The first-order valence-electron chi connectivity index (χ1n) is 17.6. The van der Waals surface area contributed by atoms with Gasteiger partial charge in [0.1, 0.15) is 19.3 Å². The number of amides is 3. The molecule has 0 spiro atoms. The molecule has 50 heavy (non-hydrogen) atoms. The lowest BCUT2D eigenvalue weighted by atomic mass is 9.97. The quantitative estimate of drug-likeness (QED) is 0.236. The Morgan fingerprint density at radius 1 is 0.920 bits per heavy atom. The minimum Gasteiger partial charge on any atom is -0.462 e. The fourth-order valence-electron chi connectivity index (χ4n) is 7.31. The van der Waals surface area contributed by atoms with E-state index in [0.29, 0.717) is 32.4 Å². The number of alkyl carbamates (subject to hydrolysis) is 1. The van der Waals surface area contributed by atoms with Crippen LogP contribution in [-0.4, -0.2) is 83.8 Å². The molecule has 0 bridgehead atoms. The van der Waals surface area contributed by atoms with Gasteiger partial charge >= 0.3 is 12.1 Å². The third-order valence-electron chi connectivity index (χ3n) is 9.92. The molecule has 10 nitrogen and oxygen atoms in total. The second-order valence-electron chi connectivity index (χ2n) is 13.2. The van der Waals surface area contributed by atoms with Gasteiger partial charge in [-0.3, -0.25) is 9.59 Å². The van der Waals surface area contributed by atoms with E-state index >= 15 is 0 Å². The SMILES string of the molecule is O=C(NC1CCC=CCC(CC(=O)N(CCO)Cc2ccccc2)C(=O)N2CCCC2COC1=O)OCC1c2ccccc2-c2ccccc21. The van der Waals surface area contributed by atoms with Crippen LogP contribution in [0, 0.1) is 5.92 Å². The van der Waals surface area contributed by atoms with E-state index in [1.54, 1.807) is 9.80 Å². The number of rotatable bonds is 9. The number of carbonyl (C=O) groups is 4. The Morgan fingerprint density at radius 2 is 1.62 bits per heavy atom. The van der Waals surface area contributed by atoms with Crippen LogP contribution in [0.2, 0.25) is 0 Å². The highest BCUT2D eigenvalue weighted by molar-refractivity contribution is 5.87. The van der Waals surface area contributed by atoms with E-state index in [0.717, 1.165) is 34.2 Å². The number of cyclic esters (lactones) is 1. The average molecular weight is 680 g/mol. The minimum absolute atomic E-state index is 0.00494. The van der Waals surface area contributed by atoms with Crippen LogP contribution in [0.1, 0.15) is 61.1 Å². The highest BCUT2D eigenvalue weighted by Gasteiger charge is 2.36. The number of ether oxygens (including phenoxy) is 2. The first-order chi connectivity index (χ1) is 24.4. The van der Waals surface area contributed by atoms with Crippen molar-refractivity contribution in [3.8, 4) is 11.1 Å². The summed E-state index contributed by atoms with van der Waals surface area (Å²) in [6.07, 6.45) is 5.57. The van der Waals surface area contributed by atoms with Gasteiger partial charge in [0.25, 0.3) is 0 Å². The van der Waals surface area contributed by atoms with Crippen molar-refractivity contribution in [2.45, 2.75) is 63.1 Å². The van der Waals surface area contributed by atoms with Crippen molar-refractivity contribution in [1.29, 1.82) is 0 Å². The number of esters is 1. The van der Waals surface area contributed by atoms with E-state index in [-0.39, 0.29) is 63.0 Å². The van der Waals surface area contributed by atoms with Crippen molar-refractivity contribution in [3.63, 3.8) is 0 Å². The van der Waals surface area contributed by atoms with E-state index in [1.165, 1.54) is 0 Å². The molecule has 1 saturated heterocycles. The lowest BCUT2D eigenvalue weighted by Crippen LogP contribution is -2.46. The molecule has 1 aliphatic carbocycles. The third-order valence-corrected chi connectivity index (χ3v) is 9.92. The number of nitrogens with one attached hydrogen (secondary N) is 1. The summed E-state index contributed by atoms with van der Waals surface area (Å²) in [5.41, 5.74) is 5.40. The Kier molecular flexibility index (Phi) is 11.6. The molecule has 0 radical (unpaired) electrons. The second-order valence-corrected chi connectivity index (χ2v) is 13.2. The van der Waals surface area contributed by atoms with Gasteiger partial charge in [-0.1, -0.05) is 91.0 Å². The minimum atomic E-state index is -0.927. The van der Waals surface area contributed by atoms with Gasteiger partial charge in [-0.05, 0) is 59.9 Å². The molecule has 1 fully saturated rings. The monoisotopic (exact) mass is 679 g/mol. The Labute approximate surface area is 293 Å². The van der Waals surface area contributed by atoms with Crippen molar-refractivity contribution < 1.29 is 33.8 Å². The Balaban J connectivity index is 1.10. The van der Waals surface area contributed by atoms with Crippen LogP contribution < -0.4 is 5.32 Å². The molecular weight excluding hydrogens is 634 g/mol. The normalized spacial score (nSPS) is 20.7. The number of allylic oxidation sites excluding steroid dienone is 2. The maximum Gasteiger partial charge on any atom is 0.407 e. The largest absolute Gasteiger partial charge is 0.462 e. The average Bonchev–Trinajstić information content (AvgIpc) is 3.74. The van der Waals surface area contributed by atoms with Gasteiger partial charge in [-0.2, -0.15) is 0 Å². The van der Waals surface area contributed by atoms with Crippen molar-refractivity contribution in [3.05, 3.63) is 108 Å². The van der Waals surface area contributed by atoms with Crippen LogP contribution in [0.3, 0.4) is 0 Å². The first kappa shape index (κ1) is 34.9. The first-order valence-corrected chi connectivity index (χ1v) is 17.6. The smallest absolute Gasteiger partial charge is 0.407 e. The summed E-state index contributed by atoms with van der Waals surface area (Å²) in [6.45, 7) is 0.985. The summed E-state index contributed by atoms with van der Waals surface area (Å²) in [5.74, 6) is -1.62. The summed E-state index contributed by atoms with van der Waals surface area (Å²) < 4.78 is 11.4. The second kappa shape index (κ2) is 16.6. The van der Waals surface area contributed by atoms with Gasteiger partial charge in [0.15, 0.2) is 0 Å². The Bertz CT molecular complexity index is 1650. The van der Waals surface area contributed by atoms with Gasteiger partial charge < -0.3 is 29.7 Å². The molecule has 6 rings (SSSR count). The van der Waals surface area contributed by atoms with E-state index < -0.39 is 24.0 Å². The van der Waals surface area contributed by atoms with Crippen molar-refractivity contribution in [2.24, 2.45) is 5.92 Å². The van der Waals surface area contributed by atoms with Crippen molar-refractivity contribution in [2.75, 3.05) is 32.9 Å². The Hall–Kier alpha value is -4.96. The van der Waals surface area contributed by atoms with Crippen LogP contribution in [0.25, 0.3) is 11.1 Å². The number of benzene rings is 3. The lowest BCUT2D eigenvalue weighted by molar-refractivity contribution is -0.150. The van der Waals surface area contributed by atoms with Crippen LogP contribution >= 0.6 is 0 Å². The fraction of sp³-hybridized carbons (Fsp3) is 0.400. The molecule has 3 unspecified atom stereocenters. The molecular formula is C40H45N3O7. The highest BCUT2D eigenvalue weighted by atomic mass is 16.6. The zero-order valence-corrected chi connectivity index (χ0v) is 28.2. The number of aliphatic hydroxyl groups excluding tert-OH is 1. The van der Waals surface area contributed by atoms with E-state index in [4.69, 9.17) is 9.47 Å². The predicted octanol–water partition coefficient (Wildman–Crippen LogP) is 5.20. The molecule has 3 aromatic rings. The maximum atomic E-state index is 13.9. The zero-order chi connectivity index (χ0) is 34.9. The number of carbonyl (C=O) groups excluding carboxylic acids is 4. The van der Waals surface area contributed by atoms with E-state index in [2.05, 4.69) is 17.4 Å². The molecule has 3 atom stereocenters. The summed E-state index contributed by atoms with van der Waals surface area (Å²) >= 11 is 0. The standard InChI is InChI=1S/C40H45N3O7/c44-23-22-42(25-28-12-3-1-4-13-28)37(45)24-29-14-5-2-6-20-36(39(47)49-26-30-15-11-21-43(30)38(29)46)41-40(48)50-27-35-33-18-9-7-16-31(33)32-17-8-10-19-34(32)35/h1-5,7-10,12-13,16-19,29-30,35-36,44H,6,11,14-15,20-27H2,(H,41,48). The molecule has 0 aromatic heterocycles. The van der Waals surface area contributed by atoms with Crippen LogP contribution in [0.5, 0.6) is 0 Å². The molecule has 262 valence electrons. The van der Waals surface area contributed by atoms with E-state index in [1.807, 2.05) is 78.9 Å². The summed E-state index contributed by atoms with van der Waals surface area (Å²) in [7, 11) is 0. The van der Waals surface area contributed by atoms with Crippen LogP contribution in [0.15, 0.2) is 91.0 Å². The number of nitrogens with zero attached hydrogens (tertiary/aromatic N) is 2. The third kappa shape index (κ3) is 8.25. The topological polar surface area (TPSA) is 125 Å². The number of aliphatic hydroxyl groups is 1. The maximum absolute atomic E-state index is 13.9. The van der Waals surface area contributed by atoms with E-state index in [9.17, 15) is 24.3 Å². The molecule has 2 N–H and O–H groups in total. The molecule has 3 aromatic carbocycles. The van der Waals surface area contributed by atoms with Crippen molar-refractivity contribution >= 4 is 23.9 Å². The molecule has 3 aliphatic rings. The van der Waals surface area contributed by atoms with Crippen LogP contribution in [0.4, 0.5) is 4.79 Å². The lowest BCUT2D eigenvalue weighted by Gasteiger charge is -2.30. The molecule has 0 saturated carbocycles. The molecule has 10 heteroatoms. The van der Waals surface area contributed by atoms with Crippen molar-refractivity contribution in [1.82, 2.24) is 15.1 Å².